The van der Waals surface area contributed by atoms with Crippen molar-refractivity contribution in [2.75, 3.05) is 12.4 Å². The zero-order valence-electron chi connectivity index (χ0n) is 14.6. The Morgan fingerprint density at radius 3 is 2.46 bits per heavy atom. The van der Waals surface area contributed by atoms with Gasteiger partial charge in [0.1, 0.15) is 5.75 Å². The van der Waals surface area contributed by atoms with Gasteiger partial charge in [-0.05, 0) is 61.0 Å². The molecule has 4 aromatic rings. The lowest BCUT2D eigenvalue weighted by Gasteiger charge is -2.12. The van der Waals surface area contributed by atoms with Gasteiger partial charge in [-0.1, -0.05) is 12.1 Å². The minimum Gasteiger partial charge on any atom is -0.493 e. The number of rotatable bonds is 5. The van der Waals surface area contributed by atoms with Gasteiger partial charge in [0.05, 0.1) is 18.3 Å². The lowest BCUT2D eigenvalue weighted by Crippen LogP contribution is -1.97. The lowest BCUT2D eigenvalue weighted by molar-refractivity contribution is 0.379. The van der Waals surface area contributed by atoms with Gasteiger partial charge in [0.25, 0.3) is 0 Å². The molecule has 1 N–H and O–H groups in total. The number of aromatic nitrogens is 2. The molecular formula is C21H19N3O2. The Balaban J connectivity index is 1.55. The van der Waals surface area contributed by atoms with Crippen LogP contribution in [-0.4, -0.2) is 16.7 Å². The minimum atomic E-state index is 0.690. The Kier molecular flexibility index (Phi) is 4.19. The van der Waals surface area contributed by atoms with Crippen LogP contribution in [0.1, 0.15) is 5.56 Å². The van der Waals surface area contributed by atoms with E-state index in [0.29, 0.717) is 11.5 Å². The van der Waals surface area contributed by atoms with E-state index in [1.807, 2.05) is 65.3 Å². The summed E-state index contributed by atoms with van der Waals surface area (Å²) in [5, 5.41) is 7.77. The maximum atomic E-state index is 5.92. The number of para-hydroxylation sites is 2. The summed E-state index contributed by atoms with van der Waals surface area (Å²) in [6.45, 7) is 2.08. The van der Waals surface area contributed by atoms with E-state index < -0.39 is 0 Å². The van der Waals surface area contributed by atoms with Gasteiger partial charge >= 0.3 is 0 Å². The number of aryl methyl sites for hydroxylation is 1. The standard InChI is InChI=1S/C21H19N3O2/c1-15-12-14-24-21(15)18(11-13-22-24)23-16-7-9-17(10-8-16)26-20-6-4-3-5-19(20)25-2/h3-14,23H,1-2H3. The largest absolute Gasteiger partial charge is 0.493 e. The van der Waals surface area contributed by atoms with Crippen LogP contribution in [0.5, 0.6) is 17.2 Å². The van der Waals surface area contributed by atoms with Crippen molar-refractivity contribution in [2.24, 2.45) is 0 Å². The SMILES string of the molecule is COc1ccccc1Oc1ccc(Nc2ccnn3ccc(C)c23)cc1. The first-order chi connectivity index (χ1) is 12.7. The Morgan fingerprint density at radius 2 is 1.69 bits per heavy atom. The molecule has 0 aliphatic carbocycles. The van der Waals surface area contributed by atoms with Gasteiger partial charge < -0.3 is 14.8 Å². The van der Waals surface area contributed by atoms with Crippen molar-refractivity contribution in [3.8, 4) is 17.2 Å². The van der Waals surface area contributed by atoms with Crippen LogP contribution in [0.2, 0.25) is 0 Å². The molecule has 2 aromatic heterocycles. The number of anilines is 2. The molecule has 2 aromatic carbocycles. The van der Waals surface area contributed by atoms with Gasteiger partial charge in [-0.25, -0.2) is 4.52 Å². The van der Waals surface area contributed by atoms with Crippen LogP contribution >= 0.6 is 0 Å². The number of methoxy groups -OCH3 is 1. The maximum absolute atomic E-state index is 5.92. The van der Waals surface area contributed by atoms with Crippen LogP contribution in [-0.2, 0) is 0 Å². The highest BCUT2D eigenvalue weighted by atomic mass is 16.5. The molecule has 0 saturated carbocycles. The summed E-state index contributed by atoms with van der Waals surface area (Å²) in [4.78, 5) is 0. The predicted octanol–water partition coefficient (Wildman–Crippen LogP) is 5.19. The molecule has 0 unspecified atom stereocenters. The monoisotopic (exact) mass is 345 g/mol. The highest BCUT2D eigenvalue weighted by Crippen LogP contribution is 2.32. The van der Waals surface area contributed by atoms with Crippen LogP contribution < -0.4 is 14.8 Å². The third kappa shape index (κ3) is 3.07. The highest BCUT2D eigenvalue weighted by Gasteiger charge is 2.07. The summed E-state index contributed by atoms with van der Waals surface area (Å²) in [5.74, 6) is 2.15. The Hall–Kier alpha value is -3.47. The molecule has 130 valence electrons. The van der Waals surface area contributed by atoms with Gasteiger partial charge in [-0.3, -0.25) is 0 Å². The van der Waals surface area contributed by atoms with E-state index >= 15 is 0 Å². The number of benzene rings is 2. The van der Waals surface area contributed by atoms with E-state index in [1.165, 1.54) is 5.56 Å². The predicted molar refractivity (Wildman–Crippen MR) is 103 cm³/mol. The van der Waals surface area contributed by atoms with E-state index in [-0.39, 0.29) is 0 Å². The highest BCUT2D eigenvalue weighted by molar-refractivity contribution is 5.79. The smallest absolute Gasteiger partial charge is 0.169 e. The van der Waals surface area contributed by atoms with E-state index in [0.717, 1.165) is 22.6 Å². The third-order valence-electron chi connectivity index (χ3n) is 4.19. The second kappa shape index (κ2) is 6.80. The van der Waals surface area contributed by atoms with Crippen LogP contribution in [0.3, 0.4) is 0 Å². The fourth-order valence-corrected chi connectivity index (χ4v) is 2.90. The molecule has 0 spiro atoms. The lowest BCUT2D eigenvalue weighted by atomic mass is 10.2. The molecule has 0 aliphatic rings. The van der Waals surface area contributed by atoms with E-state index in [9.17, 15) is 0 Å². The number of nitrogens with zero attached hydrogens (tertiary/aromatic N) is 2. The molecule has 0 aliphatic heterocycles. The van der Waals surface area contributed by atoms with Crippen molar-refractivity contribution in [1.29, 1.82) is 0 Å². The summed E-state index contributed by atoms with van der Waals surface area (Å²) in [6, 6.07) is 19.4. The maximum Gasteiger partial charge on any atom is 0.169 e. The normalized spacial score (nSPS) is 10.7. The molecule has 0 atom stereocenters. The van der Waals surface area contributed by atoms with E-state index in [1.54, 1.807) is 13.3 Å². The summed E-state index contributed by atoms with van der Waals surface area (Å²) >= 11 is 0. The second-order valence-corrected chi connectivity index (χ2v) is 5.94. The summed E-state index contributed by atoms with van der Waals surface area (Å²) in [7, 11) is 1.63. The molecule has 0 amide bonds. The third-order valence-corrected chi connectivity index (χ3v) is 4.19. The first kappa shape index (κ1) is 16.0. The number of fused-ring (bicyclic) bond motifs is 1. The molecule has 5 heteroatoms. The van der Waals surface area contributed by atoms with Crippen molar-refractivity contribution in [1.82, 2.24) is 9.61 Å². The van der Waals surface area contributed by atoms with Gasteiger partial charge in [0.15, 0.2) is 11.5 Å². The number of ether oxygens (including phenoxy) is 2. The van der Waals surface area contributed by atoms with Crippen LogP contribution in [0.25, 0.3) is 5.52 Å². The molecule has 0 saturated heterocycles. The average Bonchev–Trinajstić information content (AvgIpc) is 3.06. The van der Waals surface area contributed by atoms with Crippen molar-refractivity contribution in [3.05, 3.63) is 78.6 Å². The summed E-state index contributed by atoms with van der Waals surface area (Å²) in [5.41, 5.74) is 4.24. The topological polar surface area (TPSA) is 47.8 Å². The first-order valence-electron chi connectivity index (χ1n) is 8.35. The quantitative estimate of drug-likeness (QED) is 0.541. The van der Waals surface area contributed by atoms with Gasteiger partial charge in [0.2, 0.25) is 0 Å². The van der Waals surface area contributed by atoms with Gasteiger partial charge in [-0.2, -0.15) is 5.10 Å². The summed E-state index contributed by atoms with van der Waals surface area (Å²) < 4.78 is 13.1. The van der Waals surface area contributed by atoms with Crippen LogP contribution in [0.4, 0.5) is 11.4 Å². The molecule has 4 rings (SSSR count). The fraction of sp³-hybridized carbons (Fsp3) is 0.0952. The fourth-order valence-electron chi connectivity index (χ4n) is 2.90. The number of hydrogen-bond donors (Lipinski definition) is 1. The Labute approximate surface area is 151 Å². The molecule has 26 heavy (non-hydrogen) atoms. The molecule has 0 bridgehead atoms. The van der Waals surface area contributed by atoms with Crippen LogP contribution in [0.15, 0.2) is 73.1 Å². The number of nitrogens with one attached hydrogen (secondary N) is 1. The van der Waals surface area contributed by atoms with Crippen molar-refractivity contribution in [3.63, 3.8) is 0 Å². The van der Waals surface area contributed by atoms with E-state index in [2.05, 4.69) is 23.4 Å². The summed E-state index contributed by atoms with van der Waals surface area (Å²) in [6.07, 6.45) is 3.74. The van der Waals surface area contributed by atoms with Crippen molar-refractivity contribution in [2.45, 2.75) is 6.92 Å². The molecule has 0 radical (unpaired) electrons. The molecule has 2 heterocycles. The molecule has 5 nitrogen and oxygen atoms in total. The minimum absolute atomic E-state index is 0.690. The Bertz CT molecular complexity index is 1040. The first-order valence-corrected chi connectivity index (χ1v) is 8.35. The van der Waals surface area contributed by atoms with Crippen molar-refractivity contribution < 1.29 is 9.47 Å². The average molecular weight is 345 g/mol. The van der Waals surface area contributed by atoms with E-state index in [4.69, 9.17) is 9.47 Å². The van der Waals surface area contributed by atoms with Crippen molar-refractivity contribution >= 4 is 16.9 Å². The Morgan fingerprint density at radius 1 is 0.923 bits per heavy atom. The van der Waals surface area contributed by atoms with Gasteiger partial charge in [0, 0.05) is 18.1 Å². The molecule has 0 fully saturated rings. The zero-order valence-corrected chi connectivity index (χ0v) is 14.6. The molecular weight excluding hydrogens is 326 g/mol. The number of hydrogen-bond acceptors (Lipinski definition) is 4. The zero-order chi connectivity index (χ0) is 17.9. The van der Waals surface area contributed by atoms with Gasteiger partial charge in [-0.15, -0.1) is 0 Å². The second-order valence-electron chi connectivity index (χ2n) is 5.94. The van der Waals surface area contributed by atoms with Crippen LogP contribution in [0, 0.1) is 6.92 Å².